The van der Waals surface area contributed by atoms with Crippen molar-refractivity contribution in [3.05, 3.63) is 35.7 Å². The number of carbonyl (C=O) groups excluding carboxylic acids is 1. The van der Waals surface area contributed by atoms with Gasteiger partial charge in [0.05, 0.1) is 12.8 Å². The van der Waals surface area contributed by atoms with Crippen molar-refractivity contribution in [1.82, 2.24) is 14.9 Å². The highest BCUT2D eigenvalue weighted by Gasteiger charge is 2.29. The lowest BCUT2D eigenvalue weighted by atomic mass is 10.2. The molecule has 0 saturated carbocycles. The molecule has 3 rings (SSSR count). The van der Waals surface area contributed by atoms with Crippen molar-refractivity contribution in [2.75, 3.05) is 50.1 Å². The minimum Gasteiger partial charge on any atom is -0.494 e. The van der Waals surface area contributed by atoms with Gasteiger partial charge in [0.15, 0.2) is 0 Å². The van der Waals surface area contributed by atoms with Crippen LogP contribution in [0, 0.1) is 0 Å². The number of ether oxygens (including phenoxy) is 2. The lowest BCUT2D eigenvalue weighted by Gasteiger charge is -2.34. The summed E-state index contributed by atoms with van der Waals surface area (Å²) in [5, 5.41) is 0.224. The largest absolute Gasteiger partial charge is 0.494 e. The summed E-state index contributed by atoms with van der Waals surface area (Å²) in [5.41, 5.74) is 0.868. The Morgan fingerprint density at radius 3 is 2.43 bits per heavy atom. The highest BCUT2D eigenvalue weighted by atomic mass is 35.5. The average molecular weight is 434 g/mol. The predicted octanol–water partition coefficient (Wildman–Crippen LogP) is 3.96. The topological polar surface area (TPSA) is 71.0 Å². The molecule has 0 unspecified atom stereocenters. The summed E-state index contributed by atoms with van der Waals surface area (Å²) >= 11 is 6.05. The number of rotatable bonds is 4. The Hall–Kier alpha value is -2.58. The molecule has 1 amide bonds. The maximum Gasteiger partial charge on any atom is 0.420 e. The number of hydrogen-bond donors (Lipinski definition) is 0. The Balaban J connectivity index is 2.00. The van der Waals surface area contributed by atoms with Crippen molar-refractivity contribution in [3.63, 3.8) is 0 Å². The number of methoxy groups -OCH3 is 1. The normalized spacial score (nSPS) is 15.1. The molecular formula is C21H28ClN5O3. The van der Waals surface area contributed by atoms with Crippen LogP contribution in [-0.4, -0.2) is 66.9 Å². The zero-order valence-electron chi connectivity index (χ0n) is 18.1. The van der Waals surface area contributed by atoms with Crippen LogP contribution in [0.2, 0.25) is 5.15 Å². The Bertz CT molecular complexity index is 894. The van der Waals surface area contributed by atoms with Crippen LogP contribution in [0.15, 0.2) is 30.6 Å². The third-order valence-electron chi connectivity index (χ3n) is 4.70. The van der Waals surface area contributed by atoms with Gasteiger partial charge in [-0.05, 0) is 40.0 Å². The number of benzene rings is 1. The van der Waals surface area contributed by atoms with Gasteiger partial charge in [-0.1, -0.05) is 11.6 Å². The second-order valence-electron chi connectivity index (χ2n) is 8.16. The van der Waals surface area contributed by atoms with Crippen LogP contribution < -0.4 is 14.5 Å². The van der Waals surface area contributed by atoms with Crippen molar-refractivity contribution < 1.29 is 14.3 Å². The number of likely N-dealkylation sites (N-methyl/N-ethyl adjacent to an activating group) is 1. The standard InChI is InChI=1S/C21H28ClN5O3/c1-21(2,3)30-20(28)27(19-13-18(22)23-14-24-19)16-7-6-15(12-17(16)29-5)26-10-8-25(4)9-11-26/h6-7,12-14H,8-11H2,1-5H3. The summed E-state index contributed by atoms with van der Waals surface area (Å²) in [7, 11) is 3.69. The van der Waals surface area contributed by atoms with Gasteiger partial charge in [0.1, 0.15) is 28.6 Å². The Kier molecular flexibility index (Phi) is 6.67. The van der Waals surface area contributed by atoms with E-state index in [1.807, 2.05) is 39.0 Å². The number of amides is 1. The second-order valence-corrected chi connectivity index (χ2v) is 8.55. The molecule has 8 nitrogen and oxygen atoms in total. The van der Waals surface area contributed by atoms with Gasteiger partial charge in [-0.2, -0.15) is 0 Å². The lowest BCUT2D eigenvalue weighted by Crippen LogP contribution is -2.44. The van der Waals surface area contributed by atoms with Crippen LogP contribution in [0.3, 0.4) is 0 Å². The molecule has 1 aliphatic rings. The van der Waals surface area contributed by atoms with Gasteiger partial charge in [-0.15, -0.1) is 0 Å². The zero-order valence-corrected chi connectivity index (χ0v) is 18.8. The molecular weight excluding hydrogens is 406 g/mol. The summed E-state index contributed by atoms with van der Waals surface area (Å²) in [6.45, 7) is 9.27. The van der Waals surface area contributed by atoms with E-state index in [9.17, 15) is 4.79 Å². The van der Waals surface area contributed by atoms with Gasteiger partial charge in [-0.3, -0.25) is 0 Å². The maximum atomic E-state index is 13.1. The minimum absolute atomic E-state index is 0.224. The molecule has 1 saturated heterocycles. The van der Waals surface area contributed by atoms with Crippen molar-refractivity contribution in [3.8, 4) is 5.75 Å². The van der Waals surface area contributed by atoms with Crippen molar-refractivity contribution in [2.24, 2.45) is 0 Å². The lowest BCUT2D eigenvalue weighted by molar-refractivity contribution is 0.0597. The SMILES string of the molecule is COc1cc(N2CCN(C)CC2)ccc1N(C(=O)OC(C)(C)C)c1cc(Cl)ncn1. The molecule has 2 aromatic rings. The van der Waals surface area contributed by atoms with Crippen LogP contribution in [0.5, 0.6) is 5.75 Å². The molecule has 1 aromatic carbocycles. The van der Waals surface area contributed by atoms with Crippen LogP contribution in [0.25, 0.3) is 0 Å². The monoisotopic (exact) mass is 433 g/mol. The molecule has 1 aliphatic heterocycles. The van der Waals surface area contributed by atoms with Gasteiger partial charge < -0.3 is 19.3 Å². The number of hydrogen-bond acceptors (Lipinski definition) is 7. The highest BCUT2D eigenvalue weighted by Crippen LogP contribution is 2.37. The fourth-order valence-corrected chi connectivity index (χ4v) is 3.32. The molecule has 0 N–H and O–H groups in total. The third-order valence-corrected chi connectivity index (χ3v) is 4.90. The zero-order chi connectivity index (χ0) is 21.9. The molecule has 9 heteroatoms. The van der Waals surface area contributed by atoms with Crippen molar-refractivity contribution >= 4 is 34.9 Å². The summed E-state index contributed by atoms with van der Waals surface area (Å²) in [4.78, 5) is 27.2. The first-order chi connectivity index (χ1) is 14.2. The number of piperazine rings is 1. The number of halogens is 1. The van der Waals surface area contributed by atoms with Crippen molar-refractivity contribution in [2.45, 2.75) is 26.4 Å². The molecule has 2 heterocycles. The van der Waals surface area contributed by atoms with Crippen LogP contribution in [0.1, 0.15) is 20.8 Å². The first-order valence-electron chi connectivity index (χ1n) is 9.80. The molecule has 0 aliphatic carbocycles. The summed E-state index contributed by atoms with van der Waals surface area (Å²) < 4.78 is 11.3. The molecule has 1 fully saturated rings. The van der Waals surface area contributed by atoms with Crippen LogP contribution >= 0.6 is 11.6 Å². The van der Waals surface area contributed by atoms with Crippen LogP contribution in [0.4, 0.5) is 22.0 Å². The quantitative estimate of drug-likeness (QED) is 0.675. The molecule has 162 valence electrons. The highest BCUT2D eigenvalue weighted by molar-refractivity contribution is 6.29. The molecule has 0 bridgehead atoms. The van der Waals surface area contributed by atoms with Gasteiger partial charge >= 0.3 is 6.09 Å². The molecule has 30 heavy (non-hydrogen) atoms. The smallest absolute Gasteiger partial charge is 0.420 e. The van der Waals surface area contributed by atoms with E-state index in [4.69, 9.17) is 21.1 Å². The number of aromatic nitrogens is 2. The fraction of sp³-hybridized carbons (Fsp3) is 0.476. The molecule has 0 atom stereocenters. The van der Waals surface area contributed by atoms with Gasteiger partial charge in [0, 0.05) is 44.0 Å². The number of nitrogens with zero attached hydrogens (tertiary/aromatic N) is 5. The van der Waals surface area contributed by atoms with Gasteiger partial charge in [0.25, 0.3) is 0 Å². The van der Waals surface area contributed by atoms with Crippen molar-refractivity contribution in [1.29, 1.82) is 0 Å². The van der Waals surface area contributed by atoms with Crippen LogP contribution in [-0.2, 0) is 4.74 Å². The van der Waals surface area contributed by atoms with E-state index >= 15 is 0 Å². The Morgan fingerprint density at radius 2 is 1.83 bits per heavy atom. The fourth-order valence-electron chi connectivity index (χ4n) is 3.18. The minimum atomic E-state index is -0.681. The van der Waals surface area contributed by atoms with E-state index in [-0.39, 0.29) is 5.15 Å². The van der Waals surface area contributed by atoms with E-state index in [1.165, 1.54) is 17.3 Å². The average Bonchev–Trinajstić information content (AvgIpc) is 2.68. The first kappa shape index (κ1) is 22.1. The summed E-state index contributed by atoms with van der Waals surface area (Å²) in [5.74, 6) is 0.835. The Morgan fingerprint density at radius 1 is 1.13 bits per heavy atom. The molecule has 0 radical (unpaired) electrons. The van der Waals surface area contributed by atoms with Gasteiger partial charge in [-0.25, -0.2) is 19.7 Å². The predicted molar refractivity (Wildman–Crippen MR) is 118 cm³/mol. The number of anilines is 3. The number of carbonyl (C=O) groups is 1. The summed E-state index contributed by atoms with van der Waals surface area (Å²) in [6.07, 6.45) is 0.725. The Labute approximate surface area is 182 Å². The molecule has 0 spiro atoms. The first-order valence-corrected chi connectivity index (χ1v) is 10.2. The third kappa shape index (κ3) is 5.31. The van der Waals surface area contributed by atoms with E-state index in [1.54, 1.807) is 7.11 Å². The molecule has 1 aromatic heterocycles. The van der Waals surface area contributed by atoms with E-state index in [2.05, 4.69) is 26.8 Å². The summed E-state index contributed by atoms with van der Waals surface area (Å²) in [6, 6.07) is 7.26. The maximum absolute atomic E-state index is 13.1. The van der Waals surface area contributed by atoms with E-state index in [0.717, 1.165) is 31.9 Å². The van der Waals surface area contributed by atoms with E-state index < -0.39 is 11.7 Å². The van der Waals surface area contributed by atoms with E-state index in [0.29, 0.717) is 17.3 Å². The van der Waals surface area contributed by atoms with Gasteiger partial charge in [0.2, 0.25) is 0 Å². The second kappa shape index (κ2) is 9.06.